The van der Waals surface area contributed by atoms with Crippen molar-refractivity contribution >= 4 is 11.6 Å². The third kappa shape index (κ3) is 3.40. The lowest BCUT2D eigenvalue weighted by Crippen LogP contribution is -2.34. The molecule has 0 radical (unpaired) electrons. The number of nitrogens with one attached hydrogen (secondary N) is 1. The summed E-state index contributed by atoms with van der Waals surface area (Å²) in [5, 5.41) is 4.22. The first-order chi connectivity index (χ1) is 8.79. The third-order valence-electron chi connectivity index (χ3n) is 3.23. The molecule has 1 saturated heterocycles. The molecule has 1 aromatic rings. The zero-order chi connectivity index (χ0) is 12.8. The summed E-state index contributed by atoms with van der Waals surface area (Å²) in [6.45, 7) is 5.33. The van der Waals surface area contributed by atoms with E-state index in [1.54, 1.807) is 12.1 Å². The number of hydrazone groups is 1. The molecule has 1 aromatic carbocycles. The van der Waals surface area contributed by atoms with Crippen molar-refractivity contribution < 1.29 is 4.79 Å². The van der Waals surface area contributed by atoms with Gasteiger partial charge in [0.15, 0.2) is 0 Å². The topological polar surface area (TPSA) is 44.7 Å². The Balaban J connectivity index is 1.86. The maximum absolute atomic E-state index is 11.8. The van der Waals surface area contributed by atoms with Crippen LogP contribution in [0.3, 0.4) is 0 Å². The average molecular weight is 245 g/mol. The summed E-state index contributed by atoms with van der Waals surface area (Å²) in [5.41, 5.74) is 4.37. The van der Waals surface area contributed by atoms with Crippen molar-refractivity contribution in [1.29, 1.82) is 0 Å². The van der Waals surface area contributed by atoms with E-state index in [0.717, 1.165) is 38.2 Å². The van der Waals surface area contributed by atoms with Gasteiger partial charge < -0.3 is 4.90 Å². The number of piperidine rings is 1. The van der Waals surface area contributed by atoms with E-state index in [-0.39, 0.29) is 5.91 Å². The first kappa shape index (κ1) is 12.8. The van der Waals surface area contributed by atoms with E-state index >= 15 is 0 Å². The quantitative estimate of drug-likeness (QED) is 0.826. The van der Waals surface area contributed by atoms with Crippen molar-refractivity contribution in [1.82, 2.24) is 10.3 Å². The van der Waals surface area contributed by atoms with Crippen molar-refractivity contribution in [2.24, 2.45) is 5.10 Å². The molecule has 0 saturated carbocycles. The van der Waals surface area contributed by atoms with Crippen LogP contribution in [0.1, 0.15) is 30.1 Å². The van der Waals surface area contributed by atoms with Crippen molar-refractivity contribution in [2.45, 2.75) is 19.8 Å². The minimum Gasteiger partial charge on any atom is -0.303 e. The Morgan fingerprint density at radius 1 is 1.28 bits per heavy atom. The van der Waals surface area contributed by atoms with Gasteiger partial charge in [0.25, 0.3) is 5.91 Å². The fraction of sp³-hybridized carbons (Fsp3) is 0.429. The highest BCUT2D eigenvalue weighted by Gasteiger charge is 2.13. The van der Waals surface area contributed by atoms with Crippen molar-refractivity contribution in [3.8, 4) is 0 Å². The maximum atomic E-state index is 11.8. The van der Waals surface area contributed by atoms with Crippen LogP contribution in [0.25, 0.3) is 0 Å². The van der Waals surface area contributed by atoms with Gasteiger partial charge >= 0.3 is 0 Å². The Labute approximate surface area is 108 Å². The molecule has 1 fully saturated rings. The highest BCUT2D eigenvalue weighted by Crippen LogP contribution is 2.06. The van der Waals surface area contributed by atoms with E-state index in [2.05, 4.69) is 22.4 Å². The van der Waals surface area contributed by atoms with Crippen LogP contribution in [0.15, 0.2) is 35.4 Å². The summed E-state index contributed by atoms with van der Waals surface area (Å²) in [6, 6.07) is 9.16. The highest BCUT2D eigenvalue weighted by atomic mass is 16.2. The molecular formula is C14H19N3O. The van der Waals surface area contributed by atoms with Crippen LogP contribution in [0.4, 0.5) is 0 Å². The van der Waals surface area contributed by atoms with Crippen molar-refractivity contribution in [3.05, 3.63) is 35.9 Å². The molecule has 0 bridgehead atoms. The summed E-state index contributed by atoms with van der Waals surface area (Å²) in [7, 11) is 0. The van der Waals surface area contributed by atoms with Crippen LogP contribution in [0.5, 0.6) is 0 Å². The molecular weight excluding hydrogens is 226 g/mol. The molecule has 0 spiro atoms. The Hall–Kier alpha value is -1.68. The molecule has 1 heterocycles. The molecule has 18 heavy (non-hydrogen) atoms. The first-order valence-corrected chi connectivity index (χ1v) is 6.42. The second-order valence-electron chi connectivity index (χ2n) is 4.42. The molecule has 96 valence electrons. The number of amides is 1. The second-order valence-corrected chi connectivity index (χ2v) is 4.42. The molecule has 1 N–H and O–H groups in total. The predicted octanol–water partition coefficient (Wildman–Crippen LogP) is 1.89. The van der Waals surface area contributed by atoms with Crippen LogP contribution in [0.2, 0.25) is 0 Å². The number of rotatable bonds is 3. The van der Waals surface area contributed by atoms with Gasteiger partial charge in [0.2, 0.25) is 0 Å². The van der Waals surface area contributed by atoms with Gasteiger partial charge in [-0.3, -0.25) is 4.79 Å². The Morgan fingerprint density at radius 2 is 1.94 bits per heavy atom. The van der Waals surface area contributed by atoms with Crippen LogP contribution in [-0.4, -0.2) is 36.2 Å². The van der Waals surface area contributed by atoms with Gasteiger partial charge in [0.05, 0.1) is 0 Å². The number of hydrogen-bond acceptors (Lipinski definition) is 3. The number of benzene rings is 1. The minimum absolute atomic E-state index is 0.138. The van der Waals surface area contributed by atoms with Crippen LogP contribution >= 0.6 is 0 Å². The van der Waals surface area contributed by atoms with Gasteiger partial charge in [0, 0.05) is 37.2 Å². The van der Waals surface area contributed by atoms with E-state index in [4.69, 9.17) is 0 Å². The number of nitrogens with zero attached hydrogens (tertiary/aromatic N) is 2. The molecule has 4 heteroatoms. The van der Waals surface area contributed by atoms with Gasteiger partial charge in [-0.2, -0.15) is 5.10 Å². The number of carbonyl (C=O) groups is 1. The molecule has 4 nitrogen and oxygen atoms in total. The maximum Gasteiger partial charge on any atom is 0.271 e. The predicted molar refractivity (Wildman–Crippen MR) is 72.7 cm³/mol. The fourth-order valence-corrected chi connectivity index (χ4v) is 2.02. The van der Waals surface area contributed by atoms with E-state index in [1.165, 1.54) is 0 Å². The van der Waals surface area contributed by atoms with Gasteiger partial charge in [-0.1, -0.05) is 25.1 Å². The second kappa shape index (κ2) is 6.31. The monoisotopic (exact) mass is 245 g/mol. The Morgan fingerprint density at radius 3 is 2.56 bits per heavy atom. The lowest BCUT2D eigenvalue weighted by molar-refractivity contribution is 0.0954. The molecule has 0 unspecified atom stereocenters. The van der Waals surface area contributed by atoms with Crippen LogP contribution in [0, 0.1) is 0 Å². The standard InChI is InChI=1S/C14H19N3O/c1-2-17-10-8-13(9-11-17)15-16-14(18)12-6-4-3-5-7-12/h3-7H,2,8-11H2,1H3,(H,16,18). The summed E-state index contributed by atoms with van der Waals surface area (Å²) in [4.78, 5) is 14.2. The number of likely N-dealkylation sites (tertiary alicyclic amines) is 1. The summed E-state index contributed by atoms with van der Waals surface area (Å²) < 4.78 is 0. The molecule has 0 aromatic heterocycles. The van der Waals surface area contributed by atoms with E-state index < -0.39 is 0 Å². The zero-order valence-corrected chi connectivity index (χ0v) is 10.7. The van der Waals surface area contributed by atoms with E-state index in [9.17, 15) is 4.79 Å². The third-order valence-corrected chi connectivity index (χ3v) is 3.23. The summed E-state index contributed by atoms with van der Waals surface area (Å²) >= 11 is 0. The Bertz CT molecular complexity index is 418. The lowest BCUT2D eigenvalue weighted by Gasteiger charge is -2.25. The molecule has 1 aliphatic heterocycles. The van der Waals surface area contributed by atoms with E-state index in [0.29, 0.717) is 5.56 Å². The van der Waals surface area contributed by atoms with Gasteiger partial charge in [-0.25, -0.2) is 5.43 Å². The number of carbonyl (C=O) groups excluding carboxylic acids is 1. The minimum atomic E-state index is -0.138. The summed E-state index contributed by atoms with van der Waals surface area (Å²) in [5.74, 6) is -0.138. The normalized spacial score (nSPS) is 16.4. The molecule has 0 atom stereocenters. The molecule has 0 aliphatic carbocycles. The molecule has 2 rings (SSSR count). The SMILES string of the molecule is CCN1CCC(=NNC(=O)c2ccccc2)CC1. The van der Waals surface area contributed by atoms with Crippen LogP contribution in [-0.2, 0) is 0 Å². The van der Waals surface area contributed by atoms with Crippen LogP contribution < -0.4 is 5.43 Å². The van der Waals surface area contributed by atoms with Crippen molar-refractivity contribution in [3.63, 3.8) is 0 Å². The number of hydrogen-bond donors (Lipinski definition) is 1. The zero-order valence-electron chi connectivity index (χ0n) is 10.7. The smallest absolute Gasteiger partial charge is 0.271 e. The van der Waals surface area contributed by atoms with Gasteiger partial charge in [0.1, 0.15) is 0 Å². The van der Waals surface area contributed by atoms with Crippen molar-refractivity contribution in [2.75, 3.05) is 19.6 Å². The average Bonchev–Trinajstić information content (AvgIpc) is 2.46. The first-order valence-electron chi connectivity index (χ1n) is 6.42. The summed E-state index contributed by atoms with van der Waals surface area (Å²) in [6.07, 6.45) is 1.89. The largest absolute Gasteiger partial charge is 0.303 e. The highest BCUT2D eigenvalue weighted by molar-refractivity contribution is 5.95. The Kier molecular flexibility index (Phi) is 4.47. The van der Waals surface area contributed by atoms with Gasteiger partial charge in [-0.15, -0.1) is 0 Å². The van der Waals surface area contributed by atoms with Gasteiger partial charge in [-0.05, 0) is 18.7 Å². The molecule has 1 aliphatic rings. The lowest BCUT2D eigenvalue weighted by atomic mass is 10.1. The fourth-order valence-electron chi connectivity index (χ4n) is 2.02. The molecule has 1 amide bonds. The van der Waals surface area contributed by atoms with E-state index in [1.807, 2.05) is 18.2 Å².